The van der Waals surface area contributed by atoms with Crippen LogP contribution in [-0.4, -0.2) is 48.5 Å². The summed E-state index contributed by atoms with van der Waals surface area (Å²) >= 11 is 0. The Labute approximate surface area is 161 Å². The molecule has 2 aliphatic heterocycles. The van der Waals surface area contributed by atoms with E-state index in [9.17, 15) is 4.79 Å². The number of likely N-dealkylation sites (tertiary alicyclic amines) is 2. The normalized spacial score (nSPS) is 21.6. The van der Waals surface area contributed by atoms with Crippen LogP contribution >= 0.6 is 0 Å². The lowest BCUT2D eigenvalue weighted by Gasteiger charge is -2.35. The van der Waals surface area contributed by atoms with Gasteiger partial charge in [0, 0.05) is 13.1 Å². The molecule has 4 heteroatoms. The Morgan fingerprint density at radius 2 is 1.63 bits per heavy atom. The van der Waals surface area contributed by atoms with E-state index in [4.69, 9.17) is 4.74 Å². The van der Waals surface area contributed by atoms with Gasteiger partial charge in [-0.15, -0.1) is 0 Å². The van der Waals surface area contributed by atoms with E-state index in [1.54, 1.807) is 7.11 Å². The molecule has 0 saturated carbocycles. The molecule has 0 spiro atoms. The molecule has 2 heterocycles. The minimum absolute atomic E-state index is 0.0746. The number of methoxy groups -OCH3 is 1. The maximum Gasteiger partial charge on any atom is 0.240 e. The summed E-state index contributed by atoms with van der Waals surface area (Å²) in [5, 5.41) is 0. The Bertz CT molecular complexity index is 752. The van der Waals surface area contributed by atoms with Crippen LogP contribution in [0.15, 0.2) is 54.6 Å². The molecular weight excluding hydrogens is 336 g/mol. The molecule has 0 bridgehead atoms. The van der Waals surface area contributed by atoms with E-state index in [0.717, 1.165) is 51.2 Å². The molecule has 1 atom stereocenters. The molecule has 1 amide bonds. The average Bonchev–Trinajstić information content (AvgIpc) is 3.09. The quantitative estimate of drug-likeness (QED) is 0.811. The summed E-state index contributed by atoms with van der Waals surface area (Å²) in [6, 6.07) is 18.8. The number of hydrogen-bond donors (Lipinski definition) is 0. The second-order valence-electron chi connectivity index (χ2n) is 7.63. The van der Waals surface area contributed by atoms with Gasteiger partial charge < -0.3 is 9.64 Å². The third kappa shape index (κ3) is 4.01. The van der Waals surface area contributed by atoms with Crippen molar-refractivity contribution in [3.05, 3.63) is 65.7 Å². The zero-order valence-electron chi connectivity index (χ0n) is 16.0. The van der Waals surface area contributed by atoms with Gasteiger partial charge in [0.2, 0.25) is 5.91 Å². The Morgan fingerprint density at radius 3 is 2.30 bits per heavy atom. The van der Waals surface area contributed by atoms with Crippen molar-refractivity contribution in [2.45, 2.75) is 37.8 Å². The summed E-state index contributed by atoms with van der Waals surface area (Å²) < 4.78 is 5.26. The van der Waals surface area contributed by atoms with Gasteiger partial charge in [0.25, 0.3) is 0 Å². The van der Waals surface area contributed by atoms with Crippen molar-refractivity contribution >= 4 is 5.91 Å². The van der Waals surface area contributed by atoms with Gasteiger partial charge in [-0.25, -0.2) is 0 Å². The second-order valence-corrected chi connectivity index (χ2v) is 7.63. The molecule has 1 unspecified atom stereocenters. The number of carbonyl (C=O) groups excluding carboxylic acids is 1. The minimum Gasteiger partial charge on any atom is -0.497 e. The fourth-order valence-corrected chi connectivity index (χ4v) is 4.44. The molecule has 0 aromatic heterocycles. The van der Waals surface area contributed by atoms with Gasteiger partial charge in [-0.1, -0.05) is 42.5 Å². The first-order valence-electron chi connectivity index (χ1n) is 9.95. The summed E-state index contributed by atoms with van der Waals surface area (Å²) in [5.41, 5.74) is 2.60. The van der Waals surface area contributed by atoms with Gasteiger partial charge in [0.05, 0.1) is 13.2 Å². The molecule has 0 N–H and O–H groups in total. The predicted octanol–water partition coefficient (Wildman–Crippen LogP) is 3.68. The van der Waals surface area contributed by atoms with Gasteiger partial charge in [0.15, 0.2) is 0 Å². The number of amides is 1. The lowest BCUT2D eigenvalue weighted by molar-refractivity contribution is -0.133. The van der Waals surface area contributed by atoms with Crippen LogP contribution in [0.2, 0.25) is 0 Å². The summed E-state index contributed by atoms with van der Waals surface area (Å²) in [7, 11) is 1.70. The lowest BCUT2D eigenvalue weighted by atomic mass is 9.89. The second kappa shape index (κ2) is 8.13. The Morgan fingerprint density at radius 1 is 0.926 bits per heavy atom. The maximum atomic E-state index is 12.9. The van der Waals surface area contributed by atoms with Crippen LogP contribution < -0.4 is 4.74 Å². The number of carbonyl (C=O) groups is 1. The molecule has 4 rings (SSSR count). The van der Waals surface area contributed by atoms with Crippen LogP contribution in [0.3, 0.4) is 0 Å². The van der Waals surface area contributed by atoms with Crippen LogP contribution in [-0.2, 0) is 11.3 Å². The van der Waals surface area contributed by atoms with Crippen molar-refractivity contribution in [1.29, 1.82) is 0 Å². The zero-order chi connectivity index (χ0) is 18.6. The van der Waals surface area contributed by atoms with Gasteiger partial charge in [-0.05, 0) is 61.5 Å². The lowest BCUT2D eigenvalue weighted by Crippen LogP contribution is -2.45. The van der Waals surface area contributed by atoms with Crippen LogP contribution in [0.25, 0.3) is 0 Å². The van der Waals surface area contributed by atoms with E-state index in [-0.39, 0.29) is 6.04 Å². The van der Waals surface area contributed by atoms with Gasteiger partial charge >= 0.3 is 0 Å². The number of hydrogen-bond acceptors (Lipinski definition) is 3. The Hall–Kier alpha value is -2.33. The molecule has 2 aromatic carbocycles. The Balaban J connectivity index is 1.32. The van der Waals surface area contributed by atoms with E-state index in [2.05, 4.69) is 29.2 Å². The van der Waals surface area contributed by atoms with Crippen molar-refractivity contribution in [3.63, 3.8) is 0 Å². The van der Waals surface area contributed by atoms with Crippen molar-refractivity contribution in [2.75, 3.05) is 26.7 Å². The highest BCUT2D eigenvalue weighted by Crippen LogP contribution is 2.31. The molecule has 4 nitrogen and oxygen atoms in total. The van der Waals surface area contributed by atoms with Crippen molar-refractivity contribution < 1.29 is 9.53 Å². The van der Waals surface area contributed by atoms with Crippen LogP contribution in [0, 0.1) is 0 Å². The first-order valence-corrected chi connectivity index (χ1v) is 9.95. The van der Waals surface area contributed by atoms with Crippen molar-refractivity contribution in [2.24, 2.45) is 0 Å². The molecule has 0 aliphatic carbocycles. The van der Waals surface area contributed by atoms with Gasteiger partial charge in [0.1, 0.15) is 5.75 Å². The predicted molar refractivity (Wildman–Crippen MR) is 107 cm³/mol. The monoisotopic (exact) mass is 364 g/mol. The molecule has 2 aromatic rings. The van der Waals surface area contributed by atoms with Crippen molar-refractivity contribution in [3.8, 4) is 5.75 Å². The van der Waals surface area contributed by atoms with E-state index >= 15 is 0 Å². The summed E-state index contributed by atoms with van der Waals surface area (Å²) in [4.78, 5) is 17.3. The number of piperidine rings is 1. The molecule has 2 fully saturated rings. The molecule has 2 saturated heterocycles. The number of nitrogens with zero attached hydrogens (tertiary/aromatic N) is 2. The molecular formula is C23H28N2O2. The van der Waals surface area contributed by atoms with E-state index < -0.39 is 0 Å². The largest absolute Gasteiger partial charge is 0.497 e. The van der Waals surface area contributed by atoms with E-state index in [1.807, 2.05) is 35.2 Å². The smallest absolute Gasteiger partial charge is 0.240 e. The number of ether oxygens (including phenoxy) is 1. The average molecular weight is 364 g/mol. The highest BCUT2D eigenvalue weighted by Gasteiger charge is 2.37. The summed E-state index contributed by atoms with van der Waals surface area (Å²) in [6.07, 6.45) is 3.20. The topological polar surface area (TPSA) is 32.8 Å². The highest BCUT2D eigenvalue weighted by atomic mass is 16.5. The van der Waals surface area contributed by atoms with Crippen LogP contribution in [0.4, 0.5) is 0 Å². The summed E-state index contributed by atoms with van der Waals surface area (Å²) in [5.74, 6) is 1.80. The summed E-state index contributed by atoms with van der Waals surface area (Å²) in [6.45, 7) is 3.62. The van der Waals surface area contributed by atoms with Crippen molar-refractivity contribution in [1.82, 2.24) is 9.80 Å². The molecule has 27 heavy (non-hydrogen) atoms. The van der Waals surface area contributed by atoms with Crippen LogP contribution in [0.5, 0.6) is 5.75 Å². The first kappa shape index (κ1) is 18.1. The fourth-order valence-electron chi connectivity index (χ4n) is 4.44. The van der Waals surface area contributed by atoms with Crippen LogP contribution in [0.1, 0.15) is 36.3 Å². The van der Waals surface area contributed by atoms with E-state index in [0.29, 0.717) is 11.8 Å². The number of benzene rings is 2. The third-order valence-corrected chi connectivity index (χ3v) is 6.04. The van der Waals surface area contributed by atoms with Gasteiger partial charge in [-0.2, -0.15) is 0 Å². The maximum absolute atomic E-state index is 12.9. The minimum atomic E-state index is 0.0746. The SMILES string of the molecule is COc1ccc(C2CCN(C3CCN(Cc4ccccc4)C3=O)CC2)cc1. The van der Waals surface area contributed by atoms with E-state index in [1.165, 1.54) is 11.1 Å². The molecule has 2 aliphatic rings. The fraction of sp³-hybridized carbons (Fsp3) is 0.435. The number of rotatable bonds is 5. The molecule has 0 radical (unpaired) electrons. The highest BCUT2D eigenvalue weighted by molar-refractivity contribution is 5.84. The molecule has 142 valence electrons. The Kier molecular flexibility index (Phi) is 5.44. The first-order chi connectivity index (χ1) is 13.2. The zero-order valence-corrected chi connectivity index (χ0v) is 16.0. The third-order valence-electron chi connectivity index (χ3n) is 6.04. The van der Waals surface area contributed by atoms with Gasteiger partial charge in [-0.3, -0.25) is 9.69 Å². The standard InChI is InChI=1S/C23H28N2O2/c1-27-21-9-7-19(8-10-21)20-11-14-24(15-12-20)22-13-16-25(23(22)26)17-18-5-3-2-4-6-18/h2-10,20,22H,11-17H2,1H3.